The fourth-order valence-corrected chi connectivity index (χ4v) is 1.60. The van der Waals surface area contributed by atoms with Crippen LogP contribution in [0.5, 0.6) is 5.75 Å². The molecule has 20 heavy (non-hydrogen) atoms. The average molecular weight is 357 g/mol. The largest absolute Gasteiger partial charge is 1.00 e. The van der Waals surface area contributed by atoms with Gasteiger partial charge in [0.1, 0.15) is 5.75 Å². The van der Waals surface area contributed by atoms with Crippen molar-refractivity contribution in [1.29, 1.82) is 0 Å². The molecule has 6 nitrogen and oxygen atoms in total. The molecular formula is C9H13NNa2O5S3. The summed E-state index contributed by atoms with van der Waals surface area (Å²) in [4.78, 5) is 0. The third kappa shape index (κ3) is 12.0. The first-order valence-corrected chi connectivity index (χ1v) is 8.58. The number of nitrogen functional groups attached to an aromatic ring is 1. The first-order chi connectivity index (χ1) is 8.42. The number of hydrogen-bond donors (Lipinski definition) is 1. The Morgan fingerprint density at radius 1 is 1.25 bits per heavy atom. The van der Waals surface area contributed by atoms with E-state index in [1.54, 1.807) is 18.9 Å². The minimum absolute atomic E-state index is 0. The van der Waals surface area contributed by atoms with Crippen LogP contribution in [-0.2, 0) is 26.0 Å². The molecule has 104 valence electrons. The van der Waals surface area contributed by atoms with Gasteiger partial charge in [0, 0.05) is 37.2 Å². The van der Waals surface area contributed by atoms with E-state index in [1.807, 2.05) is 18.2 Å². The summed E-state index contributed by atoms with van der Waals surface area (Å²) in [5, 5.41) is 0. The van der Waals surface area contributed by atoms with E-state index in [-0.39, 0.29) is 59.1 Å². The molecule has 2 unspecified atom stereocenters. The smallest absolute Gasteiger partial charge is 0.763 e. The van der Waals surface area contributed by atoms with Gasteiger partial charge in [-0.2, -0.15) is 11.8 Å². The standard InChI is InChI=1S/C9H13NOS.2Na.H2O4S2/c1-11-9-4-3-8(10)5-7(9)6-12-2;;;1-5(2)6(3)4/h3-5H,6,10H2,1-2H3;;;(H,1,2)(H,3,4)/q;2*+1;/p-2. The van der Waals surface area contributed by atoms with Crippen LogP contribution in [-0.4, -0.2) is 30.9 Å². The first-order valence-electron chi connectivity index (χ1n) is 4.52. The van der Waals surface area contributed by atoms with E-state index in [2.05, 4.69) is 6.26 Å². The van der Waals surface area contributed by atoms with Crippen molar-refractivity contribution in [2.24, 2.45) is 0 Å². The van der Waals surface area contributed by atoms with Crippen molar-refractivity contribution in [2.75, 3.05) is 19.1 Å². The van der Waals surface area contributed by atoms with E-state index in [0.29, 0.717) is 0 Å². The van der Waals surface area contributed by atoms with Gasteiger partial charge in [0.25, 0.3) is 0 Å². The number of nitrogens with two attached hydrogens (primary N) is 1. The molecule has 0 aliphatic heterocycles. The van der Waals surface area contributed by atoms with Crippen molar-refractivity contribution < 1.29 is 81.4 Å². The van der Waals surface area contributed by atoms with Crippen LogP contribution in [0.4, 0.5) is 5.69 Å². The van der Waals surface area contributed by atoms with Gasteiger partial charge in [-0.05, 0) is 24.5 Å². The molecular weight excluding hydrogens is 344 g/mol. The molecule has 0 radical (unpaired) electrons. The summed E-state index contributed by atoms with van der Waals surface area (Å²) in [6.45, 7) is 0. The fourth-order valence-electron chi connectivity index (χ4n) is 1.07. The van der Waals surface area contributed by atoms with E-state index in [1.165, 1.54) is 0 Å². The van der Waals surface area contributed by atoms with Crippen LogP contribution >= 0.6 is 11.8 Å². The second-order valence-electron chi connectivity index (χ2n) is 2.91. The summed E-state index contributed by atoms with van der Waals surface area (Å²) >= 11 is 1.76. The van der Waals surface area contributed by atoms with Gasteiger partial charge in [0.05, 0.1) is 7.11 Å². The van der Waals surface area contributed by atoms with Crippen molar-refractivity contribution in [1.82, 2.24) is 0 Å². The maximum atomic E-state index is 9.09. The van der Waals surface area contributed by atoms with Crippen molar-refractivity contribution in [3.05, 3.63) is 23.8 Å². The monoisotopic (exact) mass is 357 g/mol. The van der Waals surface area contributed by atoms with Gasteiger partial charge in [0.15, 0.2) is 0 Å². The number of anilines is 1. The molecule has 1 rings (SSSR count). The van der Waals surface area contributed by atoms with Crippen LogP contribution in [0, 0.1) is 0 Å². The SMILES string of the molecule is COc1ccc(N)cc1CSC.O=S([O-])S(=O)[O-].[Na+].[Na+]. The minimum Gasteiger partial charge on any atom is -0.763 e. The van der Waals surface area contributed by atoms with Gasteiger partial charge >= 0.3 is 59.1 Å². The molecule has 0 saturated carbocycles. The molecule has 0 spiro atoms. The molecule has 11 heteroatoms. The number of methoxy groups -OCH3 is 1. The molecule has 1 aromatic rings. The maximum absolute atomic E-state index is 9.09. The molecule has 0 aliphatic carbocycles. The Balaban J connectivity index is -0.000000316. The molecule has 2 atom stereocenters. The molecule has 0 fully saturated rings. The third-order valence-corrected chi connectivity index (χ3v) is 3.20. The predicted octanol–water partition coefficient (Wildman–Crippen LogP) is -5.19. The van der Waals surface area contributed by atoms with E-state index in [9.17, 15) is 0 Å². The first kappa shape index (κ1) is 26.3. The Morgan fingerprint density at radius 2 is 1.75 bits per heavy atom. The summed E-state index contributed by atoms with van der Waals surface area (Å²) in [5.74, 6) is 1.85. The molecule has 0 aromatic heterocycles. The average Bonchev–Trinajstić information content (AvgIpc) is 2.30. The van der Waals surface area contributed by atoms with E-state index >= 15 is 0 Å². The van der Waals surface area contributed by atoms with E-state index in [0.717, 1.165) is 22.8 Å². The van der Waals surface area contributed by atoms with Gasteiger partial charge in [-0.15, -0.1) is 0 Å². The maximum Gasteiger partial charge on any atom is 1.00 e. The van der Waals surface area contributed by atoms with E-state index in [4.69, 9.17) is 28.0 Å². The Hall–Kier alpha value is 1.39. The van der Waals surface area contributed by atoms with Gasteiger partial charge in [-0.25, -0.2) is 0 Å². The van der Waals surface area contributed by atoms with Gasteiger partial charge in [-0.1, -0.05) is 0 Å². The second kappa shape index (κ2) is 15.3. The van der Waals surface area contributed by atoms with E-state index < -0.39 is 20.2 Å². The molecule has 0 bridgehead atoms. The number of hydrogen-bond acceptors (Lipinski definition) is 7. The molecule has 0 heterocycles. The molecule has 0 aliphatic rings. The Labute approximate surface area is 171 Å². The summed E-state index contributed by atoms with van der Waals surface area (Å²) in [7, 11) is -4.23. The van der Waals surface area contributed by atoms with Crippen molar-refractivity contribution in [3.63, 3.8) is 0 Å². The van der Waals surface area contributed by atoms with Crippen LogP contribution in [0.2, 0.25) is 0 Å². The summed E-state index contributed by atoms with van der Waals surface area (Å²) in [5.41, 5.74) is 7.60. The van der Waals surface area contributed by atoms with Crippen molar-refractivity contribution in [2.45, 2.75) is 5.75 Å². The number of thioether (sulfide) groups is 1. The van der Waals surface area contributed by atoms with Gasteiger partial charge in [0.2, 0.25) is 0 Å². The Bertz CT molecular complexity index is 424. The van der Waals surface area contributed by atoms with Crippen molar-refractivity contribution >= 4 is 37.7 Å². The topological polar surface area (TPSA) is 116 Å². The summed E-state index contributed by atoms with van der Waals surface area (Å²) in [6.07, 6.45) is 2.06. The number of benzene rings is 1. The second-order valence-corrected chi connectivity index (χ2v) is 6.23. The number of ether oxygens (including phenoxy) is 1. The zero-order valence-electron chi connectivity index (χ0n) is 11.8. The molecule has 1 aromatic carbocycles. The van der Waals surface area contributed by atoms with Crippen LogP contribution in [0.3, 0.4) is 0 Å². The van der Waals surface area contributed by atoms with Gasteiger partial charge < -0.3 is 19.6 Å². The van der Waals surface area contributed by atoms with Crippen LogP contribution in [0.15, 0.2) is 18.2 Å². The van der Waals surface area contributed by atoms with Crippen LogP contribution in [0.1, 0.15) is 5.56 Å². The summed E-state index contributed by atoms with van der Waals surface area (Å²) in [6, 6.07) is 5.71. The fraction of sp³-hybridized carbons (Fsp3) is 0.333. The Morgan fingerprint density at radius 3 is 2.10 bits per heavy atom. The third-order valence-electron chi connectivity index (χ3n) is 1.72. The zero-order chi connectivity index (χ0) is 14.1. The summed E-state index contributed by atoms with van der Waals surface area (Å²) < 4.78 is 41.5. The zero-order valence-corrected chi connectivity index (χ0v) is 18.2. The molecule has 0 saturated heterocycles. The van der Waals surface area contributed by atoms with Crippen molar-refractivity contribution in [3.8, 4) is 5.75 Å². The van der Waals surface area contributed by atoms with Crippen LogP contribution in [0.25, 0.3) is 0 Å². The van der Waals surface area contributed by atoms with Gasteiger partial charge in [-0.3, -0.25) is 8.42 Å². The molecule has 2 N–H and O–H groups in total. The minimum atomic E-state index is -2.95. The predicted molar refractivity (Wildman–Crippen MR) is 72.5 cm³/mol. The normalized spacial score (nSPS) is 11.8. The van der Waals surface area contributed by atoms with Crippen LogP contribution < -0.4 is 69.6 Å². The molecule has 0 amide bonds. The Kier molecular flexibility index (Phi) is 20.1. The number of rotatable bonds is 4. The quantitative estimate of drug-likeness (QED) is 0.248.